The van der Waals surface area contributed by atoms with Crippen LogP contribution in [0.3, 0.4) is 0 Å². The van der Waals surface area contributed by atoms with Crippen LogP contribution in [0.4, 0.5) is 18.0 Å². The van der Waals surface area contributed by atoms with Gasteiger partial charge in [-0.15, -0.1) is 0 Å². The molecule has 3 aromatic rings. The molecule has 4 rings (SSSR count). The van der Waals surface area contributed by atoms with Crippen molar-refractivity contribution in [2.45, 2.75) is 38.5 Å². The van der Waals surface area contributed by atoms with Crippen molar-refractivity contribution in [1.82, 2.24) is 9.47 Å². The lowest BCUT2D eigenvalue weighted by Crippen LogP contribution is -2.43. The molecule has 1 saturated heterocycles. The van der Waals surface area contributed by atoms with Crippen molar-refractivity contribution in [3.63, 3.8) is 0 Å². The molecule has 1 amide bonds. The van der Waals surface area contributed by atoms with Crippen LogP contribution in [0.1, 0.15) is 29.7 Å². The molecule has 11 heteroatoms. The summed E-state index contributed by atoms with van der Waals surface area (Å²) >= 11 is 6.01. The fourth-order valence-corrected chi connectivity index (χ4v) is 6.22. The summed E-state index contributed by atoms with van der Waals surface area (Å²) < 4.78 is 73.5. The topological polar surface area (TPSA) is 68.6 Å². The number of alkyl halides is 3. The molecular weight excluding hydrogens is 529 g/mol. The molecule has 1 fully saturated rings. The number of carbonyl (C=O) groups excluding carboxylic acids is 1. The number of rotatable bonds is 5. The third kappa shape index (κ3) is 5.96. The number of sulfone groups is 1. The first-order valence-electron chi connectivity index (χ1n) is 11.6. The zero-order valence-electron chi connectivity index (χ0n) is 20.3. The Balaban J connectivity index is 1.81. The minimum absolute atomic E-state index is 0.0625. The van der Waals surface area contributed by atoms with Crippen molar-refractivity contribution in [2.75, 3.05) is 18.6 Å². The second-order valence-electron chi connectivity index (χ2n) is 9.09. The van der Waals surface area contributed by atoms with E-state index < -0.39 is 33.8 Å². The molecule has 0 N–H and O–H groups in total. The Kier molecular flexibility index (Phi) is 7.62. The highest BCUT2D eigenvalue weighted by Crippen LogP contribution is 2.45. The largest absolute Gasteiger partial charge is 0.431 e. The van der Waals surface area contributed by atoms with Crippen LogP contribution in [-0.2, 0) is 22.6 Å². The van der Waals surface area contributed by atoms with Crippen molar-refractivity contribution in [3.8, 4) is 17.0 Å². The Bertz CT molecular complexity index is 1370. The third-order valence-corrected chi connectivity index (χ3v) is 8.56. The lowest BCUT2D eigenvalue weighted by atomic mass is 10.0. The number of nitrogens with zero attached hydrogens (tertiary/aromatic N) is 2. The lowest BCUT2D eigenvalue weighted by Gasteiger charge is -2.30. The Morgan fingerprint density at radius 2 is 1.68 bits per heavy atom. The number of aromatic nitrogens is 1. The van der Waals surface area contributed by atoms with Crippen LogP contribution < -0.4 is 4.74 Å². The second-order valence-corrected chi connectivity index (χ2v) is 11.8. The van der Waals surface area contributed by atoms with Crippen LogP contribution in [-0.4, -0.2) is 48.6 Å². The minimum Gasteiger partial charge on any atom is -0.392 e. The van der Waals surface area contributed by atoms with Gasteiger partial charge in [0.1, 0.15) is 15.5 Å². The molecule has 37 heavy (non-hydrogen) atoms. The second kappa shape index (κ2) is 10.4. The molecule has 2 aromatic carbocycles. The van der Waals surface area contributed by atoms with Gasteiger partial charge in [0.15, 0.2) is 0 Å². The summed E-state index contributed by atoms with van der Waals surface area (Å²) in [6.07, 6.45) is -5.12. The molecule has 6 nitrogen and oxygen atoms in total. The van der Waals surface area contributed by atoms with Gasteiger partial charge >= 0.3 is 12.3 Å². The van der Waals surface area contributed by atoms with E-state index in [-0.39, 0.29) is 47.9 Å². The predicted molar refractivity (Wildman–Crippen MR) is 136 cm³/mol. The maximum atomic E-state index is 14.4. The van der Waals surface area contributed by atoms with Crippen LogP contribution in [0.15, 0.2) is 54.6 Å². The van der Waals surface area contributed by atoms with Crippen molar-refractivity contribution in [3.05, 3.63) is 76.4 Å². The maximum absolute atomic E-state index is 14.4. The van der Waals surface area contributed by atoms with Crippen molar-refractivity contribution in [1.29, 1.82) is 0 Å². The molecule has 0 aliphatic carbocycles. The van der Waals surface area contributed by atoms with Gasteiger partial charge in [-0.3, -0.25) is 0 Å². The number of amides is 1. The summed E-state index contributed by atoms with van der Waals surface area (Å²) in [6, 6.07) is 14.4. The quantitative estimate of drug-likeness (QED) is 0.377. The van der Waals surface area contributed by atoms with Gasteiger partial charge in [-0.1, -0.05) is 54.1 Å². The fraction of sp³-hybridized carbons (Fsp3) is 0.346. The highest BCUT2D eigenvalue weighted by atomic mass is 35.5. The van der Waals surface area contributed by atoms with E-state index in [9.17, 15) is 26.4 Å². The number of halogens is 4. The van der Waals surface area contributed by atoms with E-state index >= 15 is 0 Å². The molecule has 1 aliphatic rings. The first kappa shape index (κ1) is 27.1. The predicted octanol–water partition coefficient (Wildman–Crippen LogP) is 6.19. The van der Waals surface area contributed by atoms with Gasteiger partial charge in [-0.05, 0) is 48.6 Å². The zero-order chi connectivity index (χ0) is 27.0. The van der Waals surface area contributed by atoms with Crippen LogP contribution in [0.5, 0.6) is 5.88 Å². The van der Waals surface area contributed by atoms with Gasteiger partial charge < -0.3 is 14.2 Å². The Morgan fingerprint density at radius 1 is 1.08 bits per heavy atom. The number of hydrogen-bond acceptors (Lipinski definition) is 4. The zero-order valence-corrected chi connectivity index (χ0v) is 21.8. The van der Waals surface area contributed by atoms with Gasteiger partial charge in [0.25, 0.3) is 0 Å². The van der Waals surface area contributed by atoms with Crippen molar-refractivity contribution in [2.24, 2.45) is 0 Å². The Morgan fingerprint density at radius 3 is 2.24 bits per heavy atom. The average Bonchev–Trinajstić information content (AvgIpc) is 3.10. The molecule has 0 bridgehead atoms. The monoisotopic (exact) mass is 554 g/mol. The van der Waals surface area contributed by atoms with Gasteiger partial charge in [-0.2, -0.15) is 13.2 Å². The number of hydrogen-bond donors (Lipinski definition) is 0. The van der Waals surface area contributed by atoms with Crippen LogP contribution in [0.2, 0.25) is 5.02 Å². The highest BCUT2D eigenvalue weighted by Gasteiger charge is 2.41. The van der Waals surface area contributed by atoms with Gasteiger partial charge in [0.05, 0.1) is 18.1 Å². The summed E-state index contributed by atoms with van der Waals surface area (Å²) in [6.45, 7) is 1.17. The van der Waals surface area contributed by atoms with E-state index in [4.69, 9.17) is 16.3 Å². The number of carbonyl (C=O) groups is 1. The SMILES string of the molecule is Cc1c(-c2ccc(Cl)cc2)c(OC(=O)N(C)C2CCS(=O)(=O)CC2)n(Cc2ccccc2)c1C(F)(F)F. The first-order valence-corrected chi connectivity index (χ1v) is 13.8. The minimum atomic E-state index is -4.73. The van der Waals surface area contributed by atoms with Crippen LogP contribution >= 0.6 is 11.6 Å². The molecule has 198 valence electrons. The first-order chi connectivity index (χ1) is 17.4. The fourth-order valence-electron chi connectivity index (χ4n) is 4.63. The van der Waals surface area contributed by atoms with Crippen molar-refractivity contribution >= 4 is 27.5 Å². The molecule has 0 saturated carbocycles. The summed E-state index contributed by atoms with van der Waals surface area (Å²) in [7, 11) is -1.69. The molecule has 0 unspecified atom stereocenters. The maximum Gasteiger partial charge on any atom is 0.431 e. The molecule has 2 heterocycles. The van der Waals surface area contributed by atoms with E-state index in [1.807, 2.05) is 0 Å². The van der Waals surface area contributed by atoms with Gasteiger partial charge in [-0.25, -0.2) is 13.2 Å². The molecule has 0 spiro atoms. The third-order valence-electron chi connectivity index (χ3n) is 6.59. The van der Waals surface area contributed by atoms with Gasteiger partial charge in [0.2, 0.25) is 5.88 Å². The van der Waals surface area contributed by atoms with E-state index in [0.29, 0.717) is 16.1 Å². The van der Waals surface area contributed by atoms with Gasteiger partial charge in [0, 0.05) is 23.7 Å². The molecule has 1 aromatic heterocycles. The lowest BCUT2D eigenvalue weighted by molar-refractivity contribution is -0.144. The molecule has 0 atom stereocenters. The molecule has 1 aliphatic heterocycles. The molecular formula is C26H26ClF3N2O4S. The van der Waals surface area contributed by atoms with Crippen molar-refractivity contribution < 1.29 is 31.1 Å². The van der Waals surface area contributed by atoms with E-state index in [1.54, 1.807) is 54.6 Å². The summed E-state index contributed by atoms with van der Waals surface area (Å²) in [5, 5.41) is 0.409. The average molecular weight is 555 g/mol. The summed E-state index contributed by atoms with van der Waals surface area (Å²) in [4.78, 5) is 14.5. The van der Waals surface area contributed by atoms with Crippen LogP contribution in [0.25, 0.3) is 11.1 Å². The van der Waals surface area contributed by atoms with E-state index in [0.717, 1.165) is 4.57 Å². The standard InChI is InChI=1S/C26H26ClF3N2O4S/c1-17-22(19-8-10-20(27)11-9-19)24(36-25(33)31(2)21-12-14-37(34,35)15-13-21)32(23(17)26(28,29)30)16-18-6-4-3-5-7-18/h3-11,21H,12-16H2,1-2H3. The Labute approximate surface area is 218 Å². The smallest absolute Gasteiger partial charge is 0.392 e. The summed E-state index contributed by atoms with van der Waals surface area (Å²) in [5.74, 6) is -0.365. The normalized spacial score (nSPS) is 15.9. The van der Waals surface area contributed by atoms with E-state index in [2.05, 4.69) is 0 Å². The number of benzene rings is 2. The van der Waals surface area contributed by atoms with E-state index in [1.165, 1.54) is 18.9 Å². The number of ether oxygens (including phenoxy) is 1. The molecule has 0 radical (unpaired) electrons. The summed E-state index contributed by atoms with van der Waals surface area (Å²) in [5.41, 5.74) is 0.130. The van der Waals surface area contributed by atoms with Crippen LogP contribution in [0, 0.1) is 6.92 Å². The highest BCUT2D eigenvalue weighted by molar-refractivity contribution is 7.91. The Hall–Kier alpha value is -2.98.